The van der Waals surface area contributed by atoms with Crippen molar-refractivity contribution in [3.05, 3.63) is 83.9 Å². The van der Waals surface area contributed by atoms with Crippen LogP contribution in [0.25, 0.3) is 0 Å². The molecule has 0 aliphatic heterocycles. The van der Waals surface area contributed by atoms with E-state index in [1.807, 2.05) is 42.5 Å². The average Bonchev–Trinajstić information content (AvgIpc) is 2.63. The Morgan fingerprint density at radius 1 is 0.870 bits per heavy atom. The number of hydrogen-bond acceptors (Lipinski definition) is 4. The summed E-state index contributed by atoms with van der Waals surface area (Å²) in [5.74, 6) is 1.10. The third-order valence-corrected chi connectivity index (χ3v) is 4.14. The van der Waals surface area contributed by atoms with Gasteiger partial charge in [0.25, 0.3) is 5.91 Å². The van der Waals surface area contributed by atoms with Crippen LogP contribution in [0.15, 0.2) is 77.8 Å². The van der Waals surface area contributed by atoms with Gasteiger partial charge in [0.05, 0.1) is 0 Å². The summed E-state index contributed by atoms with van der Waals surface area (Å²) in [6.07, 6.45) is 0. The van der Waals surface area contributed by atoms with E-state index >= 15 is 0 Å². The monoisotopic (exact) mass is 321 g/mol. The van der Waals surface area contributed by atoms with Crippen LogP contribution in [0.5, 0.6) is 0 Å². The van der Waals surface area contributed by atoms with Crippen LogP contribution < -0.4 is 5.32 Å². The molecule has 0 atom stereocenters. The highest BCUT2D eigenvalue weighted by atomic mass is 32.2. The predicted octanol–water partition coefficient (Wildman–Crippen LogP) is 4.02. The van der Waals surface area contributed by atoms with E-state index in [9.17, 15) is 4.79 Å². The maximum absolute atomic E-state index is 12.0. The van der Waals surface area contributed by atoms with Gasteiger partial charge in [0.2, 0.25) is 0 Å². The van der Waals surface area contributed by atoms with Crippen molar-refractivity contribution < 1.29 is 4.79 Å². The molecule has 114 valence electrons. The maximum Gasteiger partial charge on any atom is 0.256 e. The van der Waals surface area contributed by atoms with Gasteiger partial charge in [-0.25, -0.2) is 0 Å². The number of benzene rings is 2. The highest BCUT2D eigenvalue weighted by Crippen LogP contribution is 2.20. The van der Waals surface area contributed by atoms with Crippen LogP contribution in [-0.4, -0.2) is 16.1 Å². The Kier molecular flexibility index (Phi) is 5.01. The van der Waals surface area contributed by atoms with E-state index in [1.165, 1.54) is 5.56 Å². The van der Waals surface area contributed by atoms with Gasteiger partial charge >= 0.3 is 0 Å². The predicted molar refractivity (Wildman–Crippen MR) is 92.4 cm³/mol. The number of nitrogens with zero attached hydrogens (tertiary/aromatic N) is 2. The zero-order valence-corrected chi connectivity index (χ0v) is 13.2. The third kappa shape index (κ3) is 4.40. The molecule has 1 aromatic heterocycles. The Balaban J connectivity index is 1.58. The van der Waals surface area contributed by atoms with Gasteiger partial charge in [0.15, 0.2) is 5.82 Å². The van der Waals surface area contributed by atoms with Crippen LogP contribution in [0.4, 0.5) is 5.82 Å². The van der Waals surface area contributed by atoms with Crippen LogP contribution in [0.3, 0.4) is 0 Å². The van der Waals surface area contributed by atoms with Gasteiger partial charge in [-0.05, 0) is 29.8 Å². The Bertz CT molecular complexity index is 761. The fourth-order valence-electron chi connectivity index (χ4n) is 1.97. The first-order valence-corrected chi connectivity index (χ1v) is 8.17. The van der Waals surface area contributed by atoms with E-state index in [2.05, 4.69) is 27.6 Å². The number of carbonyl (C=O) groups excluding carboxylic acids is 1. The van der Waals surface area contributed by atoms with Crippen molar-refractivity contribution in [1.29, 1.82) is 0 Å². The summed E-state index contributed by atoms with van der Waals surface area (Å²) in [5, 5.41) is 11.8. The molecule has 3 rings (SSSR count). The number of carbonyl (C=O) groups is 1. The van der Waals surface area contributed by atoms with Crippen molar-refractivity contribution in [3.63, 3.8) is 0 Å². The Morgan fingerprint density at radius 2 is 1.57 bits per heavy atom. The minimum atomic E-state index is -0.190. The van der Waals surface area contributed by atoms with Gasteiger partial charge in [-0.15, -0.1) is 10.2 Å². The summed E-state index contributed by atoms with van der Waals surface area (Å²) >= 11 is 1.61. The number of thioether (sulfide) groups is 1. The van der Waals surface area contributed by atoms with E-state index in [0.717, 1.165) is 10.8 Å². The number of rotatable bonds is 5. The molecule has 0 fully saturated rings. The van der Waals surface area contributed by atoms with E-state index in [1.54, 1.807) is 30.0 Å². The highest BCUT2D eigenvalue weighted by Gasteiger charge is 2.06. The molecule has 0 unspecified atom stereocenters. The van der Waals surface area contributed by atoms with E-state index in [4.69, 9.17) is 0 Å². The lowest BCUT2D eigenvalue weighted by molar-refractivity contribution is 0.102. The largest absolute Gasteiger partial charge is 0.305 e. The average molecular weight is 321 g/mol. The molecule has 0 saturated heterocycles. The topological polar surface area (TPSA) is 54.9 Å². The third-order valence-electron chi connectivity index (χ3n) is 3.15. The molecule has 1 heterocycles. The summed E-state index contributed by atoms with van der Waals surface area (Å²) in [4.78, 5) is 12.0. The standard InChI is InChI=1S/C18H15N3OS/c22-18(15-9-5-2-6-10-15)19-16-11-12-17(21-20-16)23-13-14-7-3-1-4-8-14/h1-12H,13H2,(H,19,20,22). The summed E-state index contributed by atoms with van der Waals surface area (Å²) in [6.45, 7) is 0. The Labute approximate surface area is 139 Å². The lowest BCUT2D eigenvalue weighted by Crippen LogP contribution is -2.13. The summed E-state index contributed by atoms with van der Waals surface area (Å²) in [7, 11) is 0. The molecule has 4 nitrogen and oxygen atoms in total. The molecule has 0 radical (unpaired) electrons. The second-order valence-corrected chi connectivity index (χ2v) is 5.85. The molecule has 0 saturated carbocycles. The number of hydrogen-bond donors (Lipinski definition) is 1. The number of nitrogens with one attached hydrogen (secondary N) is 1. The van der Waals surface area contributed by atoms with Gasteiger partial charge in [0.1, 0.15) is 5.03 Å². The van der Waals surface area contributed by atoms with Crippen LogP contribution in [0.2, 0.25) is 0 Å². The highest BCUT2D eigenvalue weighted by molar-refractivity contribution is 7.98. The van der Waals surface area contributed by atoms with Gasteiger partial charge in [0, 0.05) is 11.3 Å². The van der Waals surface area contributed by atoms with E-state index in [-0.39, 0.29) is 5.91 Å². The first kappa shape index (κ1) is 15.2. The first-order chi connectivity index (χ1) is 11.3. The fraction of sp³-hybridized carbons (Fsp3) is 0.0556. The van der Waals surface area contributed by atoms with Crippen LogP contribution in [-0.2, 0) is 5.75 Å². The number of anilines is 1. The maximum atomic E-state index is 12.0. The molecule has 0 spiro atoms. The minimum Gasteiger partial charge on any atom is -0.305 e. The Morgan fingerprint density at radius 3 is 2.22 bits per heavy atom. The molecule has 0 aliphatic rings. The Hall–Kier alpha value is -2.66. The SMILES string of the molecule is O=C(Nc1ccc(SCc2ccccc2)nn1)c1ccccc1. The lowest BCUT2D eigenvalue weighted by atomic mass is 10.2. The fourth-order valence-corrected chi connectivity index (χ4v) is 2.74. The second-order valence-electron chi connectivity index (χ2n) is 4.85. The lowest BCUT2D eigenvalue weighted by Gasteiger charge is -2.05. The zero-order valence-electron chi connectivity index (χ0n) is 12.3. The smallest absolute Gasteiger partial charge is 0.256 e. The molecule has 0 aliphatic carbocycles. The van der Waals surface area contributed by atoms with Crippen molar-refractivity contribution in [2.24, 2.45) is 0 Å². The van der Waals surface area contributed by atoms with Crippen LogP contribution in [0, 0.1) is 0 Å². The number of aromatic nitrogens is 2. The summed E-state index contributed by atoms with van der Waals surface area (Å²) in [5.41, 5.74) is 1.83. The van der Waals surface area contributed by atoms with Gasteiger partial charge in [-0.3, -0.25) is 4.79 Å². The van der Waals surface area contributed by atoms with Crippen molar-refractivity contribution in [2.75, 3.05) is 5.32 Å². The van der Waals surface area contributed by atoms with Gasteiger partial charge in [-0.2, -0.15) is 0 Å². The van der Waals surface area contributed by atoms with Crippen molar-refractivity contribution in [3.8, 4) is 0 Å². The molecule has 5 heteroatoms. The van der Waals surface area contributed by atoms with Crippen molar-refractivity contribution in [1.82, 2.24) is 10.2 Å². The quantitative estimate of drug-likeness (QED) is 0.721. The first-order valence-electron chi connectivity index (χ1n) is 7.18. The molecule has 3 aromatic rings. The van der Waals surface area contributed by atoms with Crippen molar-refractivity contribution >= 4 is 23.5 Å². The molecule has 0 bridgehead atoms. The van der Waals surface area contributed by atoms with E-state index in [0.29, 0.717) is 11.4 Å². The summed E-state index contributed by atoms with van der Waals surface area (Å²) < 4.78 is 0. The van der Waals surface area contributed by atoms with E-state index < -0.39 is 0 Å². The molecular weight excluding hydrogens is 306 g/mol. The zero-order chi connectivity index (χ0) is 15.9. The van der Waals surface area contributed by atoms with Crippen LogP contribution >= 0.6 is 11.8 Å². The molecule has 1 amide bonds. The van der Waals surface area contributed by atoms with Gasteiger partial charge in [-0.1, -0.05) is 60.3 Å². The molecule has 2 aromatic carbocycles. The molecule has 1 N–H and O–H groups in total. The molecular formula is C18H15N3OS. The van der Waals surface area contributed by atoms with Crippen molar-refractivity contribution in [2.45, 2.75) is 10.8 Å². The van der Waals surface area contributed by atoms with Crippen LogP contribution in [0.1, 0.15) is 15.9 Å². The second kappa shape index (κ2) is 7.56. The molecule has 23 heavy (non-hydrogen) atoms. The normalized spacial score (nSPS) is 10.3. The minimum absolute atomic E-state index is 0.190. The summed E-state index contributed by atoms with van der Waals surface area (Å²) in [6, 6.07) is 22.8. The van der Waals surface area contributed by atoms with Gasteiger partial charge < -0.3 is 5.32 Å². The number of amides is 1.